The fourth-order valence-corrected chi connectivity index (χ4v) is 2.96. The van der Waals surface area contributed by atoms with Gasteiger partial charge < -0.3 is 9.64 Å². The summed E-state index contributed by atoms with van der Waals surface area (Å²) >= 11 is 0. The molecule has 1 saturated heterocycles. The Labute approximate surface area is 130 Å². The molecule has 0 spiro atoms. The van der Waals surface area contributed by atoms with Crippen LogP contribution in [0.15, 0.2) is 18.2 Å². The molecule has 1 aliphatic rings. The van der Waals surface area contributed by atoms with Crippen molar-refractivity contribution in [1.82, 2.24) is 9.97 Å². The van der Waals surface area contributed by atoms with Crippen LogP contribution in [0.3, 0.4) is 0 Å². The van der Waals surface area contributed by atoms with Crippen LogP contribution >= 0.6 is 0 Å². The van der Waals surface area contributed by atoms with Gasteiger partial charge in [-0.25, -0.2) is 14.8 Å². The highest BCUT2D eigenvalue weighted by atomic mass is 16.5. The van der Waals surface area contributed by atoms with Gasteiger partial charge in [-0.2, -0.15) is 0 Å². The summed E-state index contributed by atoms with van der Waals surface area (Å²) in [5, 5.41) is 0. The van der Waals surface area contributed by atoms with Gasteiger partial charge in [-0.15, -0.1) is 0 Å². The van der Waals surface area contributed by atoms with Crippen molar-refractivity contribution >= 4 is 22.8 Å². The highest BCUT2D eigenvalue weighted by Crippen LogP contribution is 2.23. The molecule has 2 heterocycles. The van der Waals surface area contributed by atoms with Crippen molar-refractivity contribution < 1.29 is 9.53 Å². The van der Waals surface area contributed by atoms with Crippen molar-refractivity contribution in [1.29, 1.82) is 0 Å². The monoisotopic (exact) mass is 299 g/mol. The van der Waals surface area contributed by atoms with E-state index in [2.05, 4.69) is 9.88 Å². The molecule has 0 N–H and O–H groups in total. The highest BCUT2D eigenvalue weighted by molar-refractivity contribution is 5.93. The molecule has 1 aromatic heterocycles. The molecule has 0 atom stereocenters. The average Bonchev–Trinajstić information content (AvgIpc) is 2.82. The molecule has 1 aromatic carbocycles. The summed E-state index contributed by atoms with van der Waals surface area (Å²) in [6, 6.07) is 5.32. The number of anilines is 1. The second kappa shape index (κ2) is 6.30. The Morgan fingerprint density at radius 1 is 1.09 bits per heavy atom. The number of hydrogen-bond acceptors (Lipinski definition) is 5. The van der Waals surface area contributed by atoms with Crippen LogP contribution in [-0.4, -0.2) is 36.1 Å². The first-order chi connectivity index (χ1) is 10.7. The minimum atomic E-state index is -0.347. The molecule has 0 amide bonds. The third kappa shape index (κ3) is 2.89. The van der Waals surface area contributed by atoms with Gasteiger partial charge in [0.1, 0.15) is 0 Å². The SMILES string of the molecule is COC(=O)c1ccc2nc(C)c(N3CCCCCC3)nc2c1. The molecule has 1 aliphatic heterocycles. The van der Waals surface area contributed by atoms with E-state index in [0.717, 1.165) is 35.6 Å². The second-order valence-corrected chi connectivity index (χ2v) is 5.73. The second-order valence-electron chi connectivity index (χ2n) is 5.73. The van der Waals surface area contributed by atoms with Crippen LogP contribution in [-0.2, 0) is 4.74 Å². The predicted molar refractivity (Wildman–Crippen MR) is 86.3 cm³/mol. The van der Waals surface area contributed by atoms with E-state index in [1.165, 1.54) is 32.8 Å². The van der Waals surface area contributed by atoms with Crippen LogP contribution in [0.4, 0.5) is 5.82 Å². The summed E-state index contributed by atoms with van der Waals surface area (Å²) in [7, 11) is 1.38. The van der Waals surface area contributed by atoms with Gasteiger partial charge in [-0.1, -0.05) is 12.8 Å². The molecule has 0 unspecified atom stereocenters. The van der Waals surface area contributed by atoms with Crippen LogP contribution in [0.2, 0.25) is 0 Å². The summed E-state index contributed by atoms with van der Waals surface area (Å²) in [4.78, 5) is 23.4. The Bertz CT molecular complexity index is 692. The van der Waals surface area contributed by atoms with Crippen molar-refractivity contribution in [3.05, 3.63) is 29.5 Å². The first-order valence-corrected chi connectivity index (χ1v) is 7.81. The van der Waals surface area contributed by atoms with E-state index < -0.39 is 0 Å². The maximum Gasteiger partial charge on any atom is 0.337 e. The molecule has 3 rings (SSSR count). The number of nitrogens with zero attached hydrogens (tertiary/aromatic N) is 3. The number of fused-ring (bicyclic) bond motifs is 1. The lowest BCUT2D eigenvalue weighted by Crippen LogP contribution is -2.26. The van der Waals surface area contributed by atoms with Gasteiger partial charge >= 0.3 is 5.97 Å². The smallest absolute Gasteiger partial charge is 0.337 e. The molecule has 22 heavy (non-hydrogen) atoms. The number of aryl methyl sites for hydroxylation is 1. The fourth-order valence-electron chi connectivity index (χ4n) is 2.96. The Morgan fingerprint density at radius 2 is 1.82 bits per heavy atom. The Hall–Kier alpha value is -2.17. The first-order valence-electron chi connectivity index (χ1n) is 7.81. The molecule has 5 nitrogen and oxygen atoms in total. The van der Waals surface area contributed by atoms with Gasteiger partial charge in [0.2, 0.25) is 0 Å². The molecule has 0 bridgehead atoms. The number of esters is 1. The summed E-state index contributed by atoms with van der Waals surface area (Å²) in [5.41, 5.74) is 3.01. The minimum Gasteiger partial charge on any atom is -0.465 e. The Balaban J connectivity index is 2.02. The molecule has 1 fully saturated rings. The zero-order valence-electron chi connectivity index (χ0n) is 13.1. The molecule has 2 aromatic rings. The van der Waals surface area contributed by atoms with Crippen LogP contribution in [0.25, 0.3) is 11.0 Å². The number of ether oxygens (including phenoxy) is 1. The van der Waals surface area contributed by atoms with Gasteiger partial charge in [0.15, 0.2) is 5.82 Å². The van der Waals surface area contributed by atoms with Crippen LogP contribution in [0.5, 0.6) is 0 Å². The number of aromatic nitrogens is 2. The Morgan fingerprint density at radius 3 is 2.50 bits per heavy atom. The van der Waals surface area contributed by atoms with E-state index in [-0.39, 0.29) is 5.97 Å². The molecule has 116 valence electrons. The van der Waals surface area contributed by atoms with E-state index in [9.17, 15) is 4.79 Å². The molecule has 0 radical (unpaired) electrons. The van der Waals surface area contributed by atoms with E-state index in [1.807, 2.05) is 13.0 Å². The number of hydrogen-bond donors (Lipinski definition) is 0. The minimum absolute atomic E-state index is 0.347. The summed E-state index contributed by atoms with van der Waals surface area (Å²) < 4.78 is 4.77. The van der Waals surface area contributed by atoms with Crippen molar-refractivity contribution in [3.8, 4) is 0 Å². The van der Waals surface area contributed by atoms with Gasteiger partial charge in [-0.05, 0) is 38.0 Å². The molecular weight excluding hydrogens is 278 g/mol. The molecule has 0 saturated carbocycles. The number of carbonyl (C=O) groups is 1. The lowest BCUT2D eigenvalue weighted by atomic mass is 10.2. The van der Waals surface area contributed by atoms with Crippen LogP contribution < -0.4 is 4.90 Å². The van der Waals surface area contributed by atoms with Crippen molar-refractivity contribution in [2.75, 3.05) is 25.1 Å². The number of rotatable bonds is 2. The lowest BCUT2D eigenvalue weighted by Gasteiger charge is -2.23. The summed E-state index contributed by atoms with van der Waals surface area (Å²) in [6.45, 7) is 4.05. The number of benzene rings is 1. The molecule has 0 aliphatic carbocycles. The topological polar surface area (TPSA) is 55.3 Å². The lowest BCUT2D eigenvalue weighted by molar-refractivity contribution is 0.0601. The van der Waals surface area contributed by atoms with Gasteiger partial charge in [0, 0.05) is 13.1 Å². The predicted octanol–water partition coefficient (Wildman–Crippen LogP) is 3.11. The maximum atomic E-state index is 11.7. The molecule has 5 heteroatoms. The average molecular weight is 299 g/mol. The van der Waals surface area contributed by atoms with Gasteiger partial charge in [0.05, 0.1) is 29.4 Å². The fraction of sp³-hybridized carbons (Fsp3) is 0.471. The van der Waals surface area contributed by atoms with Crippen LogP contribution in [0, 0.1) is 6.92 Å². The van der Waals surface area contributed by atoms with E-state index in [0.29, 0.717) is 5.56 Å². The first kappa shape index (κ1) is 14.8. The van der Waals surface area contributed by atoms with E-state index in [4.69, 9.17) is 9.72 Å². The highest BCUT2D eigenvalue weighted by Gasteiger charge is 2.16. The third-order valence-corrected chi connectivity index (χ3v) is 4.14. The zero-order valence-corrected chi connectivity index (χ0v) is 13.1. The normalized spacial score (nSPS) is 15.6. The largest absolute Gasteiger partial charge is 0.465 e. The van der Waals surface area contributed by atoms with E-state index >= 15 is 0 Å². The Kier molecular flexibility index (Phi) is 4.22. The quantitative estimate of drug-likeness (QED) is 0.798. The molecular formula is C17H21N3O2. The summed E-state index contributed by atoms with van der Waals surface area (Å²) in [6.07, 6.45) is 4.95. The number of methoxy groups -OCH3 is 1. The number of carbonyl (C=O) groups excluding carboxylic acids is 1. The third-order valence-electron chi connectivity index (χ3n) is 4.14. The van der Waals surface area contributed by atoms with Crippen molar-refractivity contribution in [3.63, 3.8) is 0 Å². The van der Waals surface area contributed by atoms with Gasteiger partial charge in [-0.3, -0.25) is 0 Å². The van der Waals surface area contributed by atoms with Crippen LogP contribution in [0.1, 0.15) is 41.7 Å². The van der Waals surface area contributed by atoms with Gasteiger partial charge in [0.25, 0.3) is 0 Å². The van der Waals surface area contributed by atoms with Crippen molar-refractivity contribution in [2.45, 2.75) is 32.6 Å². The maximum absolute atomic E-state index is 11.7. The van der Waals surface area contributed by atoms with Crippen molar-refractivity contribution in [2.24, 2.45) is 0 Å². The van der Waals surface area contributed by atoms with E-state index in [1.54, 1.807) is 12.1 Å². The standard InChI is InChI=1S/C17H21N3O2/c1-12-16(20-9-5-3-4-6-10-20)19-15-11-13(17(21)22-2)7-8-14(15)18-12/h7-8,11H,3-6,9-10H2,1-2H3. The zero-order chi connectivity index (χ0) is 15.5. The summed E-state index contributed by atoms with van der Waals surface area (Å²) in [5.74, 6) is 0.594.